The number of aliphatic hydroxyl groups excluding tert-OH is 2. The molecule has 1 atom stereocenters. The van der Waals surface area contributed by atoms with Crippen LogP contribution in [-0.2, 0) is 34.0 Å². The lowest BCUT2D eigenvalue weighted by molar-refractivity contribution is -0.160. The number of esters is 1. The van der Waals surface area contributed by atoms with Crippen molar-refractivity contribution in [3.63, 3.8) is 0 Å². The summed E-state index contributed by atoms with van der Waals surface area (Å²) in [6, 6.07) is 2.79. The molecular weight excluding hydrogens is 266 g/mol. The second-order valence-corrected chi connectivity index (χ2v) is 4.55. The Balaban J connectivity index is 2.17. The summed E-state index contributed by atoms with van der Waals surface area (Å²) in [5, 5.41) is 30.6. The Labute approximate surface area is 114 Å². The van der Waals surface area contributed by atoms with Crippen LogP contribution in [0.5, 0.6) is 5.75 Å². The molecule has 20 heavy (non-hydrogen) atoms. The number of carbonyl (C=O) groups is 2. The minimum atomic E-state index is -0.904. The van der Waals surface area contributed by atoms with Gasteiger partial charge in [0.15, 0.2) is 0 Å². The quantitative estimate of drug-likeness (QED) is 0.414. The molecule has 1 aliphatic heterocycles. The predicted molar refractivity (Wildman–Crippen MR) is 66.5 cm³/mol. The Morgan fingerprint density at radius 2 is 1.80 bits per heavy atom. The van der Waals surface area contributed by atoms with Crippen LogP contribution in [0.15, 0.2) is 12.1 Å². The number of nitrogens with one attached hydrogen (secondary N) is 1. The van der Waals surface area contributed by atoms with E-state index in [-0.39, 0.29) is 31.6 Å². The number of hydrogen-bond donors (Lipinski definition) is 4. The van der Waals surface area contributed by atoms with Crippen molar-refractivity contribution in [3.8, 4) is 5.75 Å². The average molecular weight is 281 g/mol. The Bertz CT molecular complexity index is 517. The fourth-order valence-corrected chi connectivity index (χ4v) is 2.11. The fraction of sp³-hybridized carbons (Fsp3) is 0.385. The molecule has 1 fully saturated rings. The highest BCUT2D eigenvalue weighted by Gasteiger charge is 2.27. The van der Waals surface area contributed by atoms with Gasteiger partial charge < -0.3 is 25.4 Å². The number of carbonyl (C=O) groups excluding carboxylic acids is 2. The average Bonchev–Trinajstić information content (AvgIpc) is 2.44. The molecule has 0 bridgehead atoms. The first-order chi connectivity index (χ1) is 9.55. The normalized spacial score (nSPS) is 18.6. The molecule has 0 spiro atoms. The first kappa shape index (κ1) is 14.3. The molecule has 1 aliphatic rings. The van der Waals surface area contributed by atoms with Gasteiger partial charge in [-0.3, -0.25) is 4.79 Å². The molecule has 0 radical (unpaired) electrons. The number of amides is 1. The summed E-state index contributed by atoms with van der Waals surface area (Å²) in [6.45, 7) is -0.661. The van der Waals surface area contributed by atoms with Gasteiger partial charge in [-0.15, -0.1) is 0 Å². The van der Waals surface area contributed by atoms with Gasteiger partial charge in [-0.1, -0.05) is 0 Å². The molecule has 0 aromatic heterocycles. The number of hydrogen-bond acceptors (Lipinski definition) is 6. The van der Waals surface area contributed by atoms with Crippen LogP contribution in [0.3, 0.4) is 0 Å². The van der Waals surface area contributed by atoms with E-state index in [2.05, 4.69) is 5.32 Å². The van der Waals surface area contributed by atoms with Gasteiger partial charge in [-0.25, -0.2) is 4.79 Å². The number of phenols is 1. The van der Waals surface area contributed by atoms with E-state index in [0.717, 1.165) is 0 Å². The lowest BCUT2D eigenvalue weighted by atomic mass is 9.99. The first-order valence-electron chi connectivity index (χ1n) is 6.08. The first-order valence-corrected chi connectivity index (χ1v) is 6.08. The summed E-state index contributed by atoms with van der Waals surface area (Å²) in [6.07, 6.45) is 0.360. The summed E-state index contributed by atoms with van der Waals surface area (Å²) in [5.41, 5.74) is 1.30. The van der Waals surface area contributed by atoms with Crippen LogP contribution in [0, 0.1) is 0 Å². The maximum atomic E-state index is 11.2. The lowest BCUT2D eigenvalue weighted by Crippen LogP contribution is -2.49. The van der Waals surface area contributed by atoms with Crippen LogP contribution in [0.2, 0.25) is 0 Å². The number of cyclic esters (lactones) is 1. The Morgan fingerprint density at radius 1 is 1.20 bits per heavy atom. The molecule has 108 valence electrons. The number of morpholine rings is 1. The highest BCUT2D eigenvalue weighted by molar-refractivity contribution is 6.33. The van der Waals surface area contributed by atoms with E-state index in [9.17, 15) is 14.7 Å². The SMILES string of the molecule is O=C1NC(Cc2cc(CO)c(O)c(CO)c2)COC1=O. The Hall–Kier alpha value is -2.12. The molecule has 1 saturated heterocycles. The van der Waals surface area contributed by atoms with Crippen molar-refractivity contribution in [2.24, 2.45) is 0 Å². The molecule has 7 heteroatoms. The van der Waals surface area contributed by atoms with Crippen molar-refractivity contribution >= 4 is 11.9 Å². The summed E-state index contributed by atoms with van der Waals surface area (Å²) in [5.74, 6) is -1.83. The van der Waals surface area contributed by atoms with Crippen LogP contribution in [-0.4, -0.2) is 39.8 Å². The van der Waals surface area contributed by atoms with Crippen LogP contribution in [0.1, 0.15) is 16.7 Å². The lowest BCUT2D eigenvalue weighted by Gasteiger charge is -2.23. The third-order valence-corrected chi connectivity index (χ3v) is 3.09. The summed E-state index contributed by atoms with van der Waals surface area (Å²) in [4.78, 5) is 22.1. The second-order valence-electron chi connectivity index (χ2n) is 4.55. The van der Waals surface area contributed by atoms with Crippen molar-refractivity contribution in [2.75, 3.05) is 6.61 Å². The Morgan fingerprint density at radius 3 is 2.30 bits per heavy atom. The van der Waals surface area contributed by atoms with Gasteiger partial charge in [-0.05, 0) is 24.1 Å². The third-order valence-electron chi connectivity index (χ3n) is 3.09. The zero-order chi connectivity index (χ0) is 14.7. The summed E-state index contributed by atoms with van der Waals surface area (Å²) < 4.78 is 4.71. The van der Waals surface area contributed by atoms with Crippen LogP contribution >= 0.6 is 0 Å². The number of rotatable bonds is 4. The number of aromatic hydroxyl groups is 1. The van der Waals surface area contributed by atoms with E-state index in [1.54, 1.807) is 12.1 Å². The number of aliphatic hydroxyl groups is 2. The second kappa shape index (κ2) is 5.89. The van der Waals surface area contributed by atoms with Gasteiger partial charge in [0.1, 0.15) is 12.4 Å². The van der Waals surface area contributed by atoms with E-state index >= 15 is 0 Å². The summed E-state index contributed by atoms with van der Waals surface area (Å²) in [7, 11) is 0. The third kappa shape index (κ3) is 2.89. The molecule has 1 amide bonds. The highest BCUT2D eigenvalue weighted by Crippen LogP contribution is 2.25. The molecule has 4 N–H and O–H groups in total. The zero-order valence-electron chi connectivity index (χ0n) is 10.6. The molecule has 1 aromatic carbocycles. The molecule has 1 aromatic rings. The van der Waals surface area contributed by atoms with Crippen molar-refractivity contribution in [1.29, 1.82) is 0 Å². The molecule has 0 saturated carbocycles. The number of benzene rings is 1. The van der Waals surface area contributed by atoms with Gasteiger partial charge >= 0.3 is 11.9 Å². The molecule has 1 heterocycles. The van der Waals surface area contributed by atoms with Gasteiger partial charge in [-0.2, -0.15) is 0 Å². The van der Waals surface area contributed by atoms with Gasteiger partial charge in [0.05, 0.1) is 19.3 Å². The van der Waals surface area contributed by atoms with Gasteiger partial charge in [0.2, 0.25) is 0 Å². The van der Waals surface area contributed by atoms with Crippen LogP contribution < -0.4 is 5.32 Å². The smallest absolute Gasteiger partial charge is 0.396 e. The fourth-order valence-electron chi connectivity index (χ4n) is 2.11. The van der Waals surface area contributed by atoms with E-state index in [0.29, 0.717) is 23.1 Å². The van der Waals surface area contributed by atoms with Crippen molar-refractivity contribution in [2.45, 2.75) is 25.7 Å². The largest absolute Gasteiger partial charge is 0.507 e. The molecular formula is C13H15NO6. The maximum absolute atomic E-state index is 11.2. The minimum Gasteiger partial charge on any atom is -0.507 e. The minimum absolute atomic E-state index is 0.0639. The van der Waals surface area contributed by atoms with Crippen molar-refractivity contribution < 1.29 is 29.6 Å². The van der Waals surface area contributed by atoms with E-state index < -0.39 is 11.9 Å². The molecule has 1 unspecified atom stereocenters. The van der Waals surface area contributed by atoms with Gasteiger partial charge in [0, 0.05) is 11.1 Å². The van der Waals surface area contributed by atoms with Crippen molar-refractivity contribution in [1.82, 2.24) is 5.32 Å². The zero-order valence-corrected chi connectivity index (χ0v) is 10.6. The molecule has 0 aliphatic carbocycles. The monoisotopic (exact) mass is 281 g/mol. The van der Waals surface area contributed by atoms with E-state index in [1.165, 1.54) is 0 Å². The Kier molecular flexibility index (Phi) is 4.21. The maximum Gasteiger partial charge on any atom is 0.396 e. The predicted octanol–water partition coefficient (Wildman–Crippen LogP) is -1.04. The molecule has 2 rings (SSSR count). The van der Waals surface area contributed by atoms with Gasteiger partial charge in [0.25, 0.3) is 0 Å². The molecule has 7 nitrogen and oxygen atoms in total. The highest BCUT2D eigenvalue weighted by atomic mass is 16.5. The van der Waals surface area contributed by atoms with Crippen LogP contribution in [0.4, 0.5) is 0 Å². The summed E-state index contributed by atoms with van der Waals surface area (Å²) >= 11 is 0. The van der Waals surface area contributed by atoms with E-state index in [1.807, 2.05) is 0 Å². The van der Waals surface area contributed by atoms with Crippen molar-refractivity contribution in [3.05, 3.63) is 28.8 Å². The standard InChI is InChI=1S/C13H15NO6/c15-4-8-1-7(2-9(5-16)11(8)17)3-10-6-20-13(19)12(18)14-10/h1-2,10,15-17H,3-6H2,(H,14,18). The van der Waals surface area contributed by atoms with Crippen LogP contribution in [0.25, 0.3) is 0 Å². The van der Waals surface area contributed by atoms with E-state index in [4.69, 9.17) is 14.9 Å². The number of ether oxygens (including phenoxy) is 1. The topological polar surface area (TPSA) is 116 Å².